The van der Waals surface area contributed by atoms with Crippen LogP contribution < -0.4 is 10.2 Å². The van der Waals surface area contributed by atoms with Crippen molar-refractivity contribution in [2.45, 2.75) is 13.0 Å². The van der Waals surface area contributed by atoms with E-state index in [-0.39, 0.29) is 0 Å². The minimum Gasteiger partial charge on any atom is -0.479 e. The number of hydrazone groups is 1. The number of nitrogens with one attached hydrogen (secondary N) is 1. The third kappa shape index (κ3) is 5.43. The van der Waals surface area contributed by atoms with E-state index >= 15 is 0 Å². The summed E-state index contributed by atoms with van der Waals surface area (Å²) >= 11 is 17.6. The molecule has 2 rings (SSSR count). The summed E-state index contributed by atoms with van der Waals surface area (Å²) in [6.45, 7) is 1.60. The highest BCUT2D eigenvalue weighted by molar-refractivity contribution is 6.35. The van der Waals surface area contributed by atoms with E-state index in [1.165, 1.54) is 6.21 Å². The molecule has 1 atom stereocenters. The summed E-state index contributed by atoms with van der Waals surface area (Å²) in [5.41, 5.74) is 3.21. The van der Waals surface area contributed by atoms with Gasteiger partial charge in [-0.2, -0.15) is 5.10 Å². The molecule has 2 aromatic rings. The van der Waals surface area contributed by atoms with Gasteiger partial charge in [-0.05, 0) is 42.8 Å². The molecule has 0 spiro atoms. The molecule has 0 fully saturated rings. The Labute approximate surface area is 149 Å². The number of hydrogen-bond donors (Lipinski definition) is 1. The van der Waals surface area contributed by atoms with Crippen LogP contribution in [0, 0.1) is 0 Å². The maximum Gasteiger partial charge on any atom is 0.280 e. The van der Waals surface area contributed by atoms with E-state index < -0.39 is 12.0 Å². The van der Waals surface area contributed by atoms with Crippen molar-refractivity contribution in [3.63, 3.8) is 0 Å². The lowest BCUT2D eigenvalue weighted by Gasteiger charge is -2.14. The first-order valence-corrected chi connectivity index (χ1v) is 7.79. The lowest BCUT2D eigenvalue weighted by Crippen LogP contribution is -2.33. The van der Waals surface area contributed by atoms with Crippen LogP contribution in [0.1, 0.15) is 12.5 Å². The van der Waals surface area contributed by atoms with Crippen molar-refractivity contribution in [2.24, 2.45) is 5.10 Å². The number of halogens is 3. The Morgan fingerprint density at radius 2 is 1.78 bits per heavy atom. The first-order valence-electron chi connectivity index (χ1n) is 6.66. The Morgan fingerprint density at radius 1 is 1.13 bits per heavy atom. The fraction of sp³-hybridized carbons (Fsp3) is 0.125. The zero-order chi connectivity index (χ0) is 16.8. The molecule has 2 aromatic carbocycles. The molecule has 1 N–H and O–H groups in total. The van der Waals surface area contributed by atoms with Crippen LogP contribution in [-0.2, 0) is 4.79 Å². The van der Waals surface area contributed by atoms with Crippen molar-refractivity contribution < 1.29 is 9.53 Å². The van der Waals surface area contributed by atoms with E-state index in [4.69, 9.17) is 39.5 Å². The van der Waals surface area contributed by atoms with Crippen molar-refractivity contribution in [2.75, 3.05) is 0 Å². The molecule has 0 aliphatic carbocycles. The SMILES string of the molecule is C[C@@H](Oc1ccc(Cl)cc1Cl)C(=O)N/N=C\c1ccc(Cl)cc1. The predicted octanol–water partition coefficient (Wildman–Crippen LogP) is 4.56. The van der Waals surface area contributed by atoms with Gasteiger partial charge in [-0.25, -0.2) is 5.43 Å². The zero-order valence-electron chi connectivity index (χ0n) is 12.1. The number of rotatable bonds is 5. The van der Waals surface area contributed by atoms with E-state index in [2.05, 4.69) is 10.5 Å². The Hall–Kier alpha value is -1.75. The van der Waals surface area contributed by atoms with E-state index in [0.29, 0.717) is 20.8 Å². The number of benzene rings is 2. The average molecular weight is 372 g/mol. The highest BCUT2D eigenvalue weighted by atomic mass is 35.5. The average Bonchev–Trinajstić information content (AvgIpc) is 2.51. The smallest absolute Gasteiger partial charge is 0.280 e. The Kier molecular flexibility index (Phi) is 6.28. The molecule has 120 valence electrons. The molecule has 0 aliphatic rings. The summed E-state index contributed by atoms with van der Waals surface area (Å²) in [6, 6.07) is 11.8. The lowest BCUT2D eigenvalue weighted by atomic mass is 10.2. The van der Waals surface area contributed by atoms with Crippen LogP contribution in [0.5, 0.6) is 5.75 Å². The largest absolute Gasteiger partial charge is 0.479 e. The third-order valence-corrected chi connectivity index (χ3v) is 3.61. The fourth-order valence-electron chi connectivity index (χ4n) is 1.62. The van der Waals surface area contributed by atoms with Gasteiger partial charge in [0, 0.05) is 10.0 Å². The standard InChI is InChI=1S/C16H13Cl3N2O2/c1-10(23-15-7-6-13(18)8-14(15)19)16(22)21-20-9-11-2-4-12(17)5-3-11/h2-10H,1H3,(H,21,22)/b20-9-/t10-/m1/s1. The van der Waals surface area contributed by atoms with Crippen LogP contribution in [0.4, 0.5) is 0 Å². The first kappa shape index (κ1) is 17.6. The molecule has 1 amide bonds. The molecule has 0 saturated carbocycles. The van der Waals surface area contributed by atoms with Crippen molar-refractivity contribution in [1.29, 1.82) is 0 Å². The van der Waals surface area contributed by atoms with Crippen LogP contribution in [0.2, 0.25) is 15.1 Å². The molecular formula is C16H13Cl3N2O2. The molecule has 0 aliphatic heterocycles. The van der Waals surface area contributed by atoms with Gasteiger partial charge in [0.15, 0.2) is 6.10 Å². The summed E-state index contributed by atoms with van der Waals surface area (Å²) in [5, 5.41) is 5.33. The van der Waals surface area contributed by atoms with Gasteiger partial charge < -0.3 is 4.74 Å². The van der Waals surface area contributed by atoms with Gasteiger partial charge in [-0.15, -0.1) is 0 Å². The minimum atomic E-state index is -0.768. The number of amides is 1. The normalized spacial score (nSPS) is 12.2. The van der Waals surface area contributed by atoms with Crippen LogP contribution in [0.3, 0.4) is 0 Å². The van der Waals surface area contributed by atoms with Gasteiger partial charge in [-0.1, -0.05) is 46.9 Å². The van der Waals surface area contributed by atoms with Gasteiger partial charge in [0.2, 0.25) is 0 Å². The lowest BCUT2D eigenvalue weighted by molar-refractivity contribution is -0.127. The highest BCUT2D eigenvalue weighted by Gasteiger charge is 2.15. The molecule has 0 saturated heterocycles. The molecule has 0 bridgehead atoms. The molecule has 0 aromatic heterocycles. The minimum absolute atomic E-state index is 0.335. The van der Waals surface area contributed by atoms with E-state index in [1.54, 1.807) is 49.4 Å². The van der Waals surface area contributed by atoms with Crippen LogP contribution in [0.15, 0.2) is 47.6 Å². The summed E-state index contributed by atoms with van der Waals surface area (Å²) in [6.07, 6.45) is 0.743. The first-order chi connectivity index (χ1) is 11.0. The van der Waals surface area contributed by atoms with Gasteiger partial charge in [0.05, 0.1) is 11.2 Å². The molecular weight excluding hydrogens is 359 g/mol. The predicted molar refractivity (Wildman–Crippen MR) is 93.7 cm³/mol. The summed E-state index contributed by atoms with van der Waals surface area (Å²) < 4.78 is 5.49. The molecule has 0 unspecified atom stereocenters. The monoisotopic (exact) mass is 370 g/mol. The Bertz CT molecular complexity index is 718. The number of hydrogen-bond acceptors (Lipinski definition) is 3. The van der Waals surface area contributed by atoms with Gasteiger partial charge in [0.1, 0.15) is 5.75 Å². The topological polar surface area (TPSA) is 50.7 Å². The second kappa shape index (κ2) is 8.20. The van der Waals surface area contributed by atoms with Crippen LogP contribution >= 0.6 is 34.8 Å². The maximum absolute atomic E-state index is 11.9. The molecule has 0 radical (unpaired) electrons. The number of nitrogens with zero attached hydrogens (tertiary/aromatic N) is 1. The van der Waals surface area contributed by atoms with Crippen molar-refractivity contribution in [1.82, 2.24) is 5.43 Å². The second-order valence-corrected chi connectivity index (χ2v) is 5.90. The zero-order valence-corrected chi connectivity index (χ0v) is 14.4. The molecule has 7 heteroatoms. The van der Waals surface area contributed by atoms with Crippen molar-refractivity contribution >= 4 is 46.9 Å². The number of carbonyl (C=O) groups excluding carboxylic acids is 1. The van der Waals surface area contributed by atoms with Crippen LogP contribution in [0.25, 0.3) is 0 Å². The van der Waals surface area contributed by atoms with Gasteiger partial charge >= 0.3 is 0 Å². The quantitative estimate of drug-likeness (QED) is 0.618. The Balaban J connectivity index is 1.90. The van der Waals surface area contributed by atoms with Crippen molar-refractivity contribution in [3.05, 3.63) is 63.1 Å². The number of ether oxygens (including phenoxy) is 1. The fourth-order valence-corrected chi connectivity index (χ4v) is 2.20. The molecule has 23 heavy (non-hydrogen) atoms. The van der Waals surface area contributed by atoms with E-state index in [0.717, 1.165) is 5.56 Å². The van der Waals surface area contributed by atoms with E-state index in [9.17, 15) is 4.79 Å². The summed E-state index contributed by atoms with van der Waals surface area (Å²) in [4.78, 5) is 11.9. The number of carbonyl (C=O) groups is 1. The Morgan fingerprint density at radius 3 is 2.43 bits per heavy atom. The maximum atomic E-state index is 11.9. The molecule has 0 heterocycles. The second-order valence-electron chi connectivity index (χ2n) is 4.62. The van der Waals surface area contributed by atoms with Crippen molar-refractivity contribution in [3.8, 4) is 5.75 Å². The van der Waals surface area contributed by atoms with Crippen LogP contribution in [-0.4, -0.2) is 18.2 Å². The highest BCUT2D eigenvalue weighted by Crippen LogP contribution is 2.28. The van der Waals surface area contributed by atoms with Gasteiger partial charge in [0.25, 0.3) is 5.91 Å². The third-order valence-electron chi connectivity index (χ3n) is 2.83. The summed E-state index contributed by atoms with van der Waals surface area (Å²) in [5.74, 6) is -0.0263. The van der Waals surface area contributed by atoms with E-state index in [1.807, 2.05) is 0 Å². The summed E-state index contributed by atoms with van der Waals surface area (Å²) in [7, 11) is 0. The molecule has 4 nitrogen and oxygen atoms in total. The van der Waals surface area contributed by atoms with Gasteiger partial charge in [-0.3, -0.25) is 4.79 Å².